The summed E-state index contributed by atoms with van der Waals surface area (Å²) in [6, 6.07) is 1.41. The molecule has 1 N–H and O–H groups in total. The van der Waals surface area contributed by atoms with Crippen LogP contribution >= 0.6 is 7.60 Å². The van der Waals surface area contributed by atoms with Gasteiger partial charge in [-0.05, 0) is 19.9 Å². The summed E-state index contributed by atoms with van der Waals surface area (Å²) in [5.74, 6) is -2.57. The van der Waals surface area contributed by atoms with Crippen molar-refractivity contribution in [1.82, 2.24) is 0 Å². The Morgan fingerprint density at radius 3 is 2.25 bits per heavy atom. The smallest absolute Gasteiger partial charge is 0.323 e. The summed E-state index contributed by atoms with van der Waals surface area (Å²) in [6.45, 7) is 4.33. The van der Waals surface area contributed by atoms with Crippen molar-refractivity contribution in [3.8, 4) is 0 Å². The molecular formula is C12H16F2NO4P. The van der Waals surface area contributed by atoms with Gasteiger partial charge in [0.05, 0.1) is 24.2 Å². The molecule has 1 aromatic rings. The lowest BCUT2D eigenvalue weighted by atomic mass is 10.3. The number of anilines is 1. The van der Waals surface area contributed by atoms with Crippen LogP contribution in [0.5, 0.6) is 0 Å². The molecule has 112 valence electrons. The van der Waals surface area contributed by atoms with Crippen molar-refractivity contribution < 1.29 is 27.2 Å². The third kappa shape index (κ3) is 3.85. The summed E-state index contributed by atoms with van der Waals surface area (Å²) in [4.78, 5) is 11.1. The lowest BCUT2D eigenvalue weighted by Crippen LogP contribution is -2.21. The Morgan fingerprint density at radius 2 is 1.80 bits per heavy atom. The first-order chi connectivity index (χ1) is 9.34. The van der Waals surface area contributed by atoms with Crippen molar-refractivity contribution in [2.24, 2.45) is 0 Å². The van der Waals surface area contributed by atoms with Crippen molar-refractivity contribution in [3.63, 3.8) is 0 Å². The van der Waals surface area contributed by atoms with Gasteiger partial charge in [0.25, 0.3) is 0 Å². The average molecular weight is 307 g/mol. The molecule has 0 saturated carbocycles. The highest BCUT2D eigenvalue weighted by atomic mass is 31.2. The van der Waals surface area contributed by atoms with E-state index in [2.05, 4.69) is 5.32 Å². The third-order valence-electron chi connectivity index (χ3n) is 2.23. The molecule has 8 heteroatoms. The highest BCUT2D eigenvalue weighted by Gasteiger charge is 2.32. The van der Waals surface area contributed by atoms with Crippen LogP contribution < -0.4 is 10.6 Å². The van der Waals surface area contributed by atoms with E-state index in [1.54, 1.807) is 13.8 Å². The van der Waals surface area contributed by atoms with E-state index in [0.717, 1.165) is 13.0 Å². The van der Waals surface area contributed by atoms with Gasteiger partial charge in [0.2, 0.25) is 5.91 Å². The van der Waals surface area contributed by atoms with E-state index in [9.17, 15) is 18.1 Å². The van der Waals surface area contributed by atoms with E-state index in [4.69, 9.17) is 9.05 Å². The molecule has 0 spiro atoms. The van der Waals surface area contributed by atoms with E-state index in [1.165, 1.54) is 0 Å². The molecule has 0 aromatic heterocycles. The van der Waals surface area contributed by atoms with E-state index in [-0.39, 0.29) is 18.5 Å². The van der Waals surface area contributed by atoms with Crippen LogP contribution in [0, 0.1) is 11.6 Å². The van der Waals surface area contributed by atoms with E-state index >= 15 is 0 Å². The number of nitrogens with one attached hydrogen (secondary N) is 1. The fourth-order valence-electron chi connectivity index (χ4n) is 1.59. The molecule has 0 aliphatic heterocycles. The number of halogens is 2. The van der Waals surface area contributed by atoms with Crippen LogP contribution in [-0.2, 0) is 18.4 Å². The number of carbonyl (C=O) groups is 1. The third-order valence-corrected chi connectivity index (χ3v) is 4.37. The van der Waals surface area contributed by atoms with Crippen LogP contribution in [0.2, 0.25) is 0 Å². The minimum Gasteiger partial charge on any atom is -0.323 e. The Hall–Kier alpha value is -1.30. The maximum Gasteiger partial charge on any atom is 0.363 e. The normalized spacial score (nSPS) is 11.4. The molecule has 0 saturated heterocycles. The van der Waals surface area contributed by atoms with Gasteiger partial charge in [-0.25, -0.2) is 8.78 Å². The second kappa shape index (κ2) is 6.92. The number of carbonyl (C=O) groups excluding carboxylic acids is 1. The van der Waals surface area contributed by atoms with Gasteiger partial charge in [-0.15, -0.1) is 0 Å². The molecule has 0 radical (unpaired) electrons. The first-order valence-corrected chi connectivity index (χ1v) is 7.54. The number of benzene rings is 1. The monoisotopic (exact) mass is 307 g/mol. The van der Waals surface area contributed by atoms with Crippen LogP contribution in [0.25, 0.3) is 0 Å². The maximum absolute atomic E-state index is 13.8. The highest BCUT2D eigenvalue weighted by molar-refractivity contribution is 7.62. The van der Waals surface area contributed by atoms with Crippen molar-refractivity contribution in [2.45, 2.75) is 20.8 Å². The van der Waals surface area contributed by atoms with Crippen molar-refractivity contribution >= 4 is 24.5 Å². The molecule has 0 bridgehead atoms. The molecule has 0 fully saturated rings. The van der Waals surface area contributed by atoms with E-state index < -0.39 is 30.8 Å². The van der Waals surface area contributed by atoms with E-state index in [0.29, 0.717) is 6.07 Å². The Bertz CT molecular complexity index is 541. The first-order valence-electron chi connectivity index (χ1n) is 6.00. The number of hydrogen-bond donors (Lipinski definition) is 1. The van der Waals surface area contributed by atoms with Gasteiger partial charge in [-0.3, -0.25) is 9.36 Å². The zero-order chi connectivity index (χ0) is 15.3. The molecule has 0 atom stereocenters. The van der Waals surface area contributed by atoms with Crippen LogP contribution in [0.4, 0.5) is 14.5 Å². The topological polar surface area (TPSA) is 64.6 Å². The Balaban J connectivity index is 3.46. The van der Waals surface area contributed by atoms with Crippen LogP contribution in [0.1, 0.15) is 20.8 Å². The zero-order valence-corrected chi connectivity index (χ0v) is 12.3. The molecule has 5 nitrogen and oxygen atoms in total. The minimum atomic E-state index is -3.91. The first kappa shape index (κ1) is 16.8. The molecular weight excluding hydrogens is 291 g/mol. The van der Waals surface area contributed by atoms with E-state index in [1.807, 2.05) is 0 Å². The fraction of sp³-hybridized carbons (Fsp3) is 0.417. The van der Waals surface area contributed by atoms with Crippen LogP contribution in [0.3, 0.4) is 0 Å². The quantitative estimate of drug-likeness (QED) is 0.821. The number of rotatable bonds is 6. The van der Waals surface area contributed by atoms with Gasteiger partial charge in [0, 0.05) is 13.0 Å². The zero-order valence-electron chi connectivity index (χ0n) is 11.4. The minimum absolute atomic E-state index is 0.0227. The van der Waals surface area contributed by atoms with Gasteiger partial charge < -0.3 is 14.4 Å². The molecule has 0 aliphatic carbocycles. The summed E-state index contributed by atoms with van der Waals surface area (Å²) in [5.41, 5.74) is -0.399. The summed E-state index contributed by atoms with van der Waals surface area (Å²) in [6.07, 6.45) is 0. The molecule has 0 unspecified atom stereocenters. The fourth-order valence-corrected chi connectivity index (χ4v) is 3.34. The largest absolute Gasteiger partial charge is 0.363 e. The number of amides is 1. The van der Waals surface area contributed by atoms with Crippen molar-refractivity contribution in [1.29, 1.82) is 0 Å². The van der Waals surface area contributed by atoms with Gasteiger partial charge in [-0.1, -0.05) is 0 Å². The second-order valence-corrected chi connectivity index (χ2v) is 5.79. The standard InChI is InChI=1S/C12H16F2NO4P/c1-4-18-20(17,19-5-2)11-7-9(13)6-10(14)12(11)15-8(3)16/h6-7H,4-5H2,1-3H3,(H,15,16). The summed E-state index contributed by atoms with van der Waals surface area (Å²) in [5, 5.41) is 1.84. The Kier molecular flexibility index (Phi) is 5.80. The lowest BCUT2D eigenvalue weighted by molar-refractivity contribution is -0.114. The van der Waals surface area contributed by atoms with Gasteiger partial charge in [-0.2, -0.15) is 0 Å². The average Bonchev–Trinajstić information content (AvgIpc) is 2.32. The molecule has 0 aliphatic rings. The molecule has 1 amide bonds. The van der Waals surface area contributed by atoms with Gasteiger partial charge in [0.1, 0.15) is 5.82 Å². The Labute approximate surface area is 115 Å². The van der Waals surface area contributed by atoms with Crippen LogP contribution in [-0.4, -0.2) is 19.1 Å². The number of hydrogen-bond acceptors (Lipinski definition) is 4. The predicted octanol–water partition coefficient (Wildman–Crippen LogP) is 2.81. The van der Waals surface area contributed by atoms with Crippen molar-refractivity contribution in [3.05, 3.63) is 23.8 Å². The molecule has 1 rings (SSSR count). The van der Waals surface area contributed by atoms with Gasteiger partial charge in [0.15, 0.2) is 5.82 Å². The van der Waals surface area contributed by atoms with Crippen molar-refractivity contribution in [2.75, 3.05) is 18.5 Å². The second-order valence-electron chi connectivity index (χ2n) is 3.80. The lowest BCUT2D eigenvalue weighted by Gasteiger charge is -2.20. The van der Waals surface area contributed by atoms with Crippen LogP contribution in [0.15, 0.2) is 12.1 Å². The molecule has 0 heterocycles. The van der Waals surface area contributed by atoms with Gasteiger partial charge >= 0.3 is 7.60 Å². The maximum atomic E-state index is 13.8. The summed E-state index contributed by atoms with van der Waals surface area (Å²) < 4.78 is 49.8. The summed E-state index contributed by atoms with van der Waals surface area (Å²) in [7, 11) is -3.91. The SMILES string of the molecule is CCOP(=O)(OCC)c1cc(F)cc(F)c1NC(C)=O. The molecule has 1 aromatic carbocycles. The molecule has 20 heavy (non-hydrogen) atoms. The predicted molar refractivity (Wildman–Crippen MR) is 71.2 cm³/mol. The Morgan fingerprint density at radius 1 is 1.25 bits per heavy atom. The highest BCUT2D eigenvalue weighted by Crippen LogP contribution is 2.49. The summed E-state index contributed by atoms with van der Waals surface area (Å²) >= 11 is 0.